The summed E-state index contributed by atoms with van der Waals surface area (Å²) < 4.78 is 6.87. The number of nitrogens with zero attached hydrogens (tertiary/aromatic N) is 2. The van der Waals surface area contributed by atoms with Gasteiger partial charge in [-0.05, 0) is 57.7 Å². The van der Waals surface area contributed by atoms with Gasteiger partial charge >= 0.3 is 5.97 Å². The monoisotopic (exact) mass is 426 g/mol. The van der Waals surface area contributed by atoms with E-state index in [-0.39, 0.29) is 18.3 Å². The molecule has 1 heterocycles. The van der Waals surface area contributed by atoms with Gasteiger partial charge in [0.1, 0.15) is 5.69 Å². The molecule has 6 heteroatoms. The Hall–Kier alpha value is -2.89. The van der Waals surface area contributed by atoms with E-state index < -0.39 is 12.0 Å². The second-order valence-corrected chi connectivity index (χ2v) is 8.30. The van der Waals surface area contributed by atoms with E-state index in [4.69, 9.17) is 4.74 Å². The molecule has 0 radical (unpaired) electrons. The summed E-state index contributed by atoms with van der Waals surface area (Å²) >= 11 is 0. The number of aromatic nitrogens is 1. The van der Waals surface area contributed by atoms with Crippen molar-refractivity contribution in [2.24, 2.45) is 13.0 Å². The number of esters is 1. The number of hydrogen-bond donors (Lipinski definition) is 0. The predicted octanol–water partition coefficient (Wildman–Crippen LogP) is 4.58. The fourth-order valence-corrected chi connectivity index (χ4v) is 3.79. The average molecular weight is 427 g/mol. The molecule has 1 unspecified atom stereocenters. The van der Waals surface area contributed by atoms with Gasteiger partial charge in [-0.25, -0.2) is 4.79 Å². The molecule has 0 aliphatic heterocycles. The van der Waals surface area contributed by atoms with Crippen LogP contribution >= 0.6 is 0 Å². The smallest absolute Gasteiger partial charge is 0.355 e. The van der Waals surface area contributed by atoms with E-state index in [2.05, 4.69) is 13.8 Å². The van der Waals surface area contributed by atoms with Crippen molar-refractivity contribution in [1.82, 2.24) is 9.47 Å². The Bertz CT molecular complexity index is 944. The van der Waals surface area contributed by atoms with Crippen LogP contribution in [0, 0.1) is 19.8 Å². The van der Waals surface area contributed by atoms with E-state index in [1.165, 1.54) is 0 Å². The molecule has 0 saturated heterocycles. The van der Waals surface area contributed by atoms with Crippen LogP contribution in [0.3, 0.4) is 0 Å². The second kappa shape index (κ2) is 10.4. The van der Waals surface area contributed by atoms with Crippen LogP contribution in [0.25, 0.3) is 0 Å². The molecular formula is C25H34N2O4. The SMILES string of the molecule is CCOC(=O)c1c(C)c(C(=O)C(C)N(CCC(C)C)C(=O)c2ccccc2)c(C)n1C. The van der Waals surface area contributed by atoms with Gasteiger partial charge in [-0.3, -0.25) is 9.59 Å². The van der Waals surface area contributed by atoms with Crippen LogP contribution in [-0.2, 0) is 11.8 Å². The van der Waals surface area contributed by atoms with Crippen molar-refractivity contribution in [1.29, 1.82) is 0 Å². The van der Waals surface area contributed by atoms with Crippen molar-refractivity contribution in [2.75, 3.05) is 13.2 Å². The zero-order valence-corrected chi connectivity index (χ0v) is 19.7. The van der Waals surface area contributed by atoms with Gasteiger partial charge in [0.15, 0.2) is 5.78 Å². The molecule has 0 saturated carbocycles. The first kappa shape index (κ1) is 24.4. The third-order valence-electron chi connectivity index (χ3n) is 5.72. The molecule has 1 aromatic carbocycles. The maximum absolute atomic E-state index is 13.6. The summed E-state index contributed by atoms with van der Waals surface area (Å²) in [6.45, 7) is 12.0. The number of ether oxygens (including phenoxy) is 1. The molecule has 0 aliphatic carbocycles. The van der Waals surface area contributed by atoms with E-state index >= 15 is 0 Å². The van der Waals surface area contributed by atoms with Crippen LogP contribution in [-0.4, -0.2) is 46.3 Å². The highest BCUT2D eigenvalue weighted by Gasteiger charge is 2.32. The van der Waals surface area contributed by atoms with E-state index in [1.807, 2.05) is 25.1 Å². The topological polar surface area (TPSA) is 68.6 Å². The number of carbonyl (C=O) groups is 3. The van der Waals surface area contributed by atoms with Crippen LogP contribution in [0.2, 0.25) is 0 Å². The Kier molecular flexibility index (Phi) is 8.20. The summed E-state index contributed by atoms with van der Waals surface area (Å²) in [6, 6.07) is 8.35. The first-order valence-electron chi connectivity index (χ1n) is 10.8. The highest BCUT2D eigenvalue weighted by molar-refractivity contribution is 6.07. The van der Waals surface area contributed by atoms with E-state index in [1.54, 1.807) is 49.4 Å². The number of hydrogen-bond acceptors (Lipinski definition) is 4. The standard InChI is InChI=1S/C25H34N2O4/c1-8-31-25(30)22-17(4)21(18(5)26(22)7)23(28)19(6)27(15-14-16(2)3)24(29)20-12-10-9-11-13-20/h9-13,16,19H,8,14-15H2,1-7H3. The summed E-state index contributed by atoms with van der Waals surface area (Å²) in [7, 11) is 1.75. The maximum atomic E-state index is 13.6. The lowest BCUT2D eigenvalue weighted by atomic mass is 9.98. The Morgan fingerprint density at radius 2 is 1.68 bits per heavy atom. The lowest BCUT2D eigenvalue weighted by Crippen LogP contribution is -2.44. The lowest BCUT2D eigenvalue weighted by Gasteiger charge is -2.29. The van der Waals surface area contributed by atoms with Crippen molar-refractivity contribution in [3.63, 3.8) is 0 Å². The molecular weight excluding hydrogens is 392 g/mol. The Labute approximate surface area is 185 Å². The van der Waals surface area contributed by atoms with Crippen molar-refractivity contribution in [2.45, 2.75) is 54.0 Å². The summed E-state index contributed by atoms with van der Waals surface area (Å²) in [5, 5.41) is 0. The minimum Gasteiger partial charge on any atom is -0.461 e. The summed E-state index contributed by atoms with van der Waals surface area (Å²) in [5.41, 5.74) is 2.69. The van der Waals surface area contributed by atoms with Crippen LogP contribution in [0.5, 0.6) is 0 Å². The third-order valence-corrected chi connectivity index (χ3v) is 5.72. The van der Waals surface area contributed by atoms with E-state index in [0.29, 0.717) is 40.5 Å². The summed E-state index contributed by atoms with van der Waals surface area (Å²) in [4.78, 5) is 40.9. The molecule has 168 valence electrons. The van der Waals surface area contributed by atoms with Gasteiger partial charge in [-0.1, -0.05) is 32.0 Å². The fraction of sp³-hybridized carbons (Fsp3) is 0.480. The largest absolute Gasteiger partial charge is 0.461 e. The molecule has 0 N–H and O–H groups in total. The van der Waals surface area contributed by atoms with Gasteiger partial charge in [-0.2, -0.15) is 0 Å². The molecule has 0 spiro atoms. The number of amides is 1. The van der Waals surface area contributed by atoms with Gasteiger partial charge in [0.25, 0.3) is 5.91 Å². The van der Waals surface area contributed by atoms with Gasteiger partial charge in [0, 0.05) is 30.4 Å². The second-order valence-electron chi connectivity index (χ2n) is 8.30. The molecule has 6 nitrogen and oxygen atoms in total. The van der Waals surface area contributed by atoms with Gasteiger partial charge < -0.3 is 14.2 Å². The Morgan fingerprint density at radius 3 is 2.23 bits per heavy atom. The number of rotatable bonds is 9. The van der Waals surface area contributed by atoms with Crippen molar-refractivity contribution in [3.8, 4) is 0 Å². The predicted molar refractivity (Wildman–Crippen MR) is 122 cm³/mol. The van der Waals surface area contributed by atoms with Crippen molar-refractivity contribution >= 4 is 17.7 Å². The maximum Gasteiger partial charge on any atom is 0.355 e. The van der Waals surface area contributed by atoms with E-state index in [9.17, 15) is 14.4 Å². The Balaban J connectivity index is 2.44. The fourth-order valence-electron chi connectivity index (χ4n) is 3.79. The number of Topliss-reactive ketones (excluding diaryl/α,β-unsaturated/α-hetero) is 1. The first-order valence-corrected chi connectivity index (χ1v) is 10.8. The van der Waals surface area contributed by atoms with Crippen LogP contribution < -0.4 is 0 Å². The average Bonchev–Trinajstić information content (AvgIpc) is 2.96. The summed E-state index contributed by atoms with van der Waals surface area (Å²) in [6.07, 6.45) is 0.789. The van der Waals surface area contributed by atoms with Gasteiger partial charge in [0.05, 0.1) is 12.6 Å². The van der Waals surface area contributed by atoms with Crippen molar-refractivity contribution in [3.05, 3.63) is 58.4 Å². The molecule has 2 rings (SSSR count). The minimum absolute atomic E-state index is 0.168. The first-order chi connectivity index (χ1) is 14.6. The molecule has 31 heavy (non-hydrogen) atoms. The normalized spacial score (nSPS) is 12.0. The quantitative estimate of drug-likeness (QED) is 0.435. The zero-order chi connectivity index (χ0) is 23.3. The number of ketones is 1. The molecule has 2 aromatic rings. The van der Waals surface area contributed by atoms with Gasteiger partial charge in [-0.15, -0.1) is 0 Å². The molecule has 0 fully saturated rings. The van der Waals surface area contributed by atoms with Crippen molar-refractivity contribution < 1.29 is 19.1 Å². The molecule has 1 atom stereocenters. The molecule has 1 amide bonds. The lowest BCUT2D eigenvalue weighted by molar-refractivity contribution is 0.0513. The van der Waals surface area contributed by atoms with Crippen LogP contribution in [0.4, 0.5) is 0 Å². The molecule has 0 bridgehead atoms. The number of benzene rings is 1. The Morgan fingerprint density at radius 1 is 1.06 bits per heavy atom. The van der Waals surface area contributed by atoms with Gasteiger partial charge in [0.2, 0.25) is 0 Å². The number of carbonyl (C=O) groups excluding carboxylic acids is 3. The summed E-state index contributed by atoms with van der Waals surface area (Å²) in [5.74, 6) is -0.397. The highest BCUT2D eigenvalue weighted by atomic mass is 16.5. The minimum atomic E-state index is -0.665. The third kappa shape index (κ3) is 5.24. The van der Waals surface area contributed by atoms with Crippen LogP contribution in [0.1, 0.15) is 76.6 Å². The molecule has 0 aliphatic rings. The van der Waals surface area contributed by atoms with E-state index in [0.717, 1.165) is 6.42 Å². The van der Waals surface area contributed by atoms with Crippen LogP contribution in [0.15, 0.2) is 30.3 Å². The zero-order valence-electron chi connectivity index (χ0n) is 19.7. The molecule has 1 aromatic heterocycles. The highest BCUT2D eigenvalue weighted by Crippen LogP contribution is 2.25.